The number of aromatic hydroxyl groups is 1. The predicted molar refractivity (Wildman–Crippen MR) is 119 cm³/mol. The number of hydrogen-bond donors (Lipinski definition) is 2. The second-order valence-corrected chi connectivity index (χ2v) is 8.50. The maximum absolute atomic E-state index is 12.6. The lowest BCUT2D eigenvalue weighted by Crippen LogP contribution is -2.35. The van der Waals surface area contributed by atoms with Crippen LogP contribution in [0.2, 0.25) is 0 Å². The van der Waals surface area contributed by atoms with Crippen LogP contribution in [0.3, 0.4) is 0 Å². The van der Waals surface area contributed by atoms with Gasteiger partial charge in [-0.3, -0.25) is 4.79 Å². The number of nitrogens with one attached hydrogen (secondary N) is 1. The highest BCUT2D eigenvalue weighted by molar-refractivity contribution is 9.11. The van der Waals surface area contributed by atoms with E-state index < -0.39 is 12.0 Å². The zero-order valence-electron chi connectivity index (χ0n) is 15.2. The van der Waals surface area contributed by atoms with Gasteiger partial charge < -0.3 is 19.6 Å². The zero-order valence-corrected chi connectivity index (χ0v) is 18.4. The third kappa shape index (κ3) is 3.33. The van der Waals surface area contributed by atoms with Crippen molar-refractivity contribution in [2.45, 2.75) is 6.10 Å². The van der Waals surface area contributed by atoms with Gasteiger partial charge in [0.25, 0.3) is 0 Å². The SMILES string of the molecule is O=C(N=Nc1c(O)[nH]c2c(Br)cc(Br)cc12)[C@@H]1COc2cc3ccccc3cc2O1. The number of rotatable bonds is 2. The third-order valence-corrected chi connectivity index (χ3v) is 5.86. The van der Waals surface area contributed by atoms with E-state index in [-0.39, 0.29) is 18.2 Å². The molecule has 0 saturated carbocycles. The van der Waals surface area contributed by atoms with E-state index in [1.54, 1.807) is 6.07 Å². The first kappa shape index (κ1) is 19.1. The summed E-state index contributed by atoms with van der Waals surface area (Å²) >= 11 is 6.82. The lowest BCUT2D eigenvalue weighted by molar-refractivity contribution is -0.127. The van der Waals surface area contributed by atoms with Crippen molar-refractivity contribution in [1.82, 2.24) is 4.98 Å². The molecule has 1 amide bonds. The number of ether oxygens (including phenoxy) is 2. The first-order valence-electron chi connectivity index (χ1n) is 8.97. The van der Waals surface area contributed by atoms with Crippen molar-refractivity contribution in [1.29, 1.82) is 0 Å². The number of hydrogen-bond acceptors (Lipinski definition) is 5. The molecule has 0 fully saturated rings. The molecule has 2 heterocycles. The number of carbonyl (C=O) groups excluding carboxylic acids is 1. The molecule has 30 heavy (non-hydrogen) atoms. The van der Waals surface area contributed by atoms with Gasteiger partial charge in [-0.1, -0.05) is 40.2 Å². The Morgan fingerprint density at radius 2 is 1.83 bits per heavy atom. The van der Waals surface area contributed by atoms with Crippen molar-refractivity contribution in [2.24, 2.45) is 10.2 Å². The summed E-state index contributed by atoms with van der Waals surface area (Å²) in [6, 6.07) is 15.1. The van der Waals surface area contributed by atoms with E-state index in [2.05, 4.69) is 47.1 Å². The number of fused-ring (bicyclic) bond motifs is 3. The summed E-state index contributed by atoms with van der Waals surface area (Å²) in [4.78, 5) is 15.4. The summed E-state index contributed by atoms with van der Waals surface area (Å²) < 4.78 is 13.1. The Hall–Kier alpha value is -2.91. The van der Waals surface area contributed by atoms with Gasteiger partial charge >= 0.3 is 5.91 Å². The van der Waals surface area contributed by atoms with E-state index >= 15 is 0 Å². The van der Waals surface area contributed by atoms with Gasteiger partial charge in [-0.2, -0.15) is 0 Å². The summed E-state index contributed by atoms with van der Waals surface area (Å²) in [5.41, 5.74) is 0.818. The zero-order chi connectivity index (χ0) is 20.8. The fourth-order valence-corrected chi connectivity index (χ4v) is 4.66. The molecule has 9 heteroatoms. The number of aromatic amines is 1. The lowest BCUT2D eigenvalue weighted by Gasteiger charge is -2.24. The number of halogens is 2. The van der Waals surface area contributed by atoms with Crippen LogP contribution >= 0.6 is 31.9 Å². The van der Waals surface area contributed by atoms with Crippen LogP contribution in [0.1, 0.15) is 0 Å². The van der Waals surface area contributed by atoms with Crippen molar-refractivity contribution in [3.05, 3.63) is 57.5 Å². The van der Waals surface area contributed by atoms with E-state index in [1.165, 1.54) is 0 Å². The van der Waals surface area contributed by atoms with E-state index in [1.807, 2.05) is 42.5 Å². The smallest absolute Gasteiger partial charge is 0.308 e. The molecular formula is C21H13Br2N3O4. The van der Waals surface area contributed by atoms with Crippen LogP contribution in [-0.4, -0.2) is 28.7 Å². The van der Waals surface area contributed by atoms with Crippen LogP contribution in [0.15, 0.2) is 67.7 Å². The van der Waals surface area contributed by atoms with Crippen molar-refractivity contribution in [3.63, 3.8) is 0 Å². The van der Waals surface area contributed by atoms with Crippen molar-refractivity contribution in [3.8, 4) is 17.4 Å². The molecule has 1 aliphatic rings. The molecule has 1 aliphatic heterocycles. The van der Waals surface area contributed by atoms with Gasteiger partial charge in [0.15, 0.2) is 17.2 Å². The van der Waals surface area contributed by atoms with Crippen molar-refractivity contribution >= 4 is 65.1 Å². The molecule has 3 aromatic carbocycles. The van der Waals surface area contributed by atoms with Crippen LogP contribution in [0, 0.1) is 0 Å². The monoisotopic (exact) mass is 529 g/mol. The highest BCUT2D eigenvalue weighted by atomic mass is 79.9. The Morgan fingerprint density at radius 3 is 2.60 bits per heavy atom. The normalized spacial score (nSPS) is 15.9. The molecule has 7 nitrogen and oxygen atoms in total. The summed E-state index contributed by atoms with van der Waals surface area (Å²) in [6.45, 7) is 0.0279. The van der Waals surface area contributed by atoms with Crippen LogP contribution in [-0.2, 0) is 4.79 Å². The van der Waals surface area contributed by atoms with Crippen LogP contribution in [0.5, 0.6) is 17.4 Å². The summed E-state index contributed by atoms with van der Waals surface area (Å²) in [6.07, 6.45) is -0.923. The van der Waals surface area contributed by atoms with Gasteiger partial charge in [0.1, 0.15) is 6.61 Å². The maximum Gasteiger partial charge on any atom is 0.308 e. The molecule has 150 valence electrons. The van der Waals surface area contributed by atoms with Gasteiger partial charge in [0.05, 0.1) is 5.52 Å². The summed E-state index contributed by atoms with van der Waals surface area (Å²) in [7, 11) is 0. The van der Waals surface area contributed by atoms with Gasteiger partial charge in [-0.25, -0.2) is 0 Å². The second kappa shape index (κ2) is 7.41. The molecule has 5 rings (SSSR count). The molecule has 0 unspecified atom stereocenters. The fraction of sp³-hybridized carbons (Fsp3) is 0.0952. The number of amides is 1. The summed E-state index contributed by atoms with van der Waals surface area (Å²) in [5, 5.41) is 20.6. The molecule has 2 N–H and O–H groups in total. The van der Waals surface area contributed by atoms with Gasteiger partial charge in [0, 0.05) is 14.3 Å². The Bertz CT molecular complexity index is 1350. The molecule has 0 spiro atoms. The second-order valence-electron chi connectivity index (χ2n) is 6.73. The lowest BCUT2D eigenvalue weighted by atomic mass is 10.1. The first-order chi connectivity index (χ1) is 14.5. The Morgan fingerprint density at radius 1 is 1.10 bits per heavy atom. The minimum atomic E-state index is -0.923. The summed E-state index contributed by atoms with van der Waals surface area (Å²) in [5.74, 6) is 0.282. The maximum atomic E-state index is 12.6. The minimum absolute atomic E-state index is 0.0279. The molecule has 4 aromatic rings. The van der Waals surface area contributed by atoms with Crippen molar-refractivity contribution < 1.29 is 19.4 Å². The van der Waals surface area contributed by atoms with E-state index in [9.17, 15) is 9.90 Å². The standard InChI is InChI=1S/C21H13Br2N3O4/c22-12-7-13-18(14(23)8-12)24-21(28)19(13)25-26-20(27)17-9-29-15-5-10-3-1-2-4-11(10)6-16(15)30-17/h1-8,17,24,28H,9H2/t17-/m0/s1. The van der Waals surface area contributed by atoms with E-state index in [4.69, 9.17) is 9.47 Å². The van der Waals surface area contributed by atoms with E-state index in [0.29, 0.717) is 22.4 Å². The number of benzene rings is 3. The number of azo groups is 1. The molecule has 1 aromatic heterocycles. The fourth-order valence-electron chi connectivity index (χ4n) is 3.34. The van der Waals surface area contributed by atoms with Gasteiger partial charge in [-0.15, -0.1) is 10.2 Å². The number of carbonyl (C=O) groups is 1. The van der Waals surface area contributed by atoms with Crippen LogP contribution in [0.25, 0.3) is 21.7 Å². The predicted octanol–water partition coefficient (Wildman–Crippen LogP) is 6.00. The molecule has 1 atom stereocenters. The average Bonchev–Trinajstić information content (AvgIpc) is 3.05. The minimum Gasteiger partial charge on any atom is -0.493 e. The van der Waals surface area contributed by atoms with Crippen molar-refractivity contribution in [2.75, 3.05) is 6.61 Å². The van der Waals surface area contributed by atoms with Gasteiger partial charge in [-0.05, 0) is 51.0 Å². The van der Waals surface area contributed by atoms with Crippen LogP contribution in [0.4, 0.5) is 5.69 Å². The van der Waals surface area contributed by atoms with E-state index in [0.717, 1.165) is 19.7 Å². The quantitative estimate of drug-likeness (QED) is 0.310. The average molecular weight is 531 g/mol. The first-order valence-corrected chi connectivity index (χ1v) is 10.6. The number of H-pyrrole nitrogens is 1. The largest absolute Gasteiger partial charge is 0.493 e. The van der Waals surface area contributed by atoms with Crippen LogP contribution < -0.4 is 9.47 Å². The third-order valence-electron chi connectivity index (χ3n) is 4.77. The molecule has 0 saturated heterocycles. The Labute approximate surface area is 187 Å². The molecular weight excluding hydrogens is 518 g/mol. The highest BCUT2D eigenvalue weighted by Crippen LogP contribution is 2.40. The Balaban J connectivity index is 1.41. The molecule has 0 radical (unpaired) electrons. The highest BCUT2D eigenvalue weighted by Gasteiger charge is 2.28. The number of nitrogens with zero attached hydrogens (tertiary/aromatic N) is 2. The van der Waals surface area contributed by atoms with Gasteiger partial charge in [0.2, 0.25) is 12.0 Å². The number of aromatic nitrogens is 1. The Kier molecular flexibility index (Phi) is 4.71. The molecule has 0 bridgehead atoms. The molecule has 0 aliphatic carbocycles. The topological polar surface area (TPSA) is 96.3 Å².